The van der Waals surface area contributed by atoms with Crippen molar-refractivity contribution >= 4 is 39.6 Å². The van der Waals surface area contributed by atoms with Crippen molar-refractivity contribution in [2.24, 2.45) is 0 Å². The summed E-state index contributed by atoms with van der Waals surface area (Å²) in [4.78, 5) is 22.8. The summed E-state index contributed by atoms with van der Waals surface area (Å²) in [5, 5.41) is 11.9. The van der Waals surface area contributed by atoms with Crippen LogP contribution < -0.4 is 5.32 Å². The highest BCUT2D eigenvalue weighted by atomic mass is 79.9. The van der Waals surface area contributed by atoms with Gasteiger partial charge in [-0.25, -0.2) is 4.79 Å². The van der Waals surface area contributed by atoms with Crippen LogP contribution in [0.4, 0.5) is 4.79 Å². The first-order valence-corrected chi connectivity index (χ1v) is 7.42. The summed E-state index contributed by atoms with van der Waals surface area (Å²) in [5.41, 5.74) is -0.154. The Hall–Kier alpha value is -1.27. The minimum Gasteiger partial charge on any atom is -0.481 e. The van der Waals surface area contributed by atoms with Crippen molar-refractivity contribution in [3.63, 3.8) is 0 Å². The van der Waals surface area contributed by atoms with Gasteiger partial charge in [-0.1, -0.05) is 27.5 Å². The summed E-state index contributed by atoms with van der Waals surface area (Å²) in [6.07, 6.45) is -0.986. The normalized spacial score (nSPS) is 12.6. The second-order valence-electron chi connectivity index (χ2n) is 5.46. The minimum absolute atomic E-state index is 0.296. The number of alkyl carbamates (subject to hydrolysis) is 1. The van der Waals surface area contributed by atoms with Crippen LogP contribution in [0.3, 0.4) is 0 Å². The molecule has 5 nitrogen and oxygen atoms in total. The summed E-state index contributed by atoms with van der Waals surface area (Å²) < 4.78 is 5.88. The zero-order valence-corrected chi connectivity index (χ0v) is 14.3. The van der Waals surface area contributed by atoms with Crippen molar-refractivity contribution in [3.05, 3.63) is 33.3 Å². The Bertz CT molecular complexity index is 542. The van der Waals surface area contributed by atoms with E-state index in [1.54, 1.807) is 39.0 Å². The Morgan fingerprint density at radius 3 is 2.57 bits per heavy atom. The molecule has 0 aliphatic heterocycles. The number of hydrogen-bond acceptors (Lipinski definition) is 3. The second-order valence-corrected chi connectivity index (χ2v) is 6.79. The molecule has 0 saturated heterocycles. The maximum absolute atomic E-state index is 11.8. The fraction of sp³-hybridized carbons (Fsp3) is 0.429. The van der Waals surface area contributed by atoms with Crippen LogP contribution in [0.2, 0.25) is 5.02 Å². The predicted octanol–water partition coefficient (Wildman–Crippen LogP) is 4.14. The van der Waals surface area contributed by atoms with Gasteiger partial charge in [-0.3, -0.25) is 4.79 Å². The molecule has 116 valence electrons. The number of benzene rings is 1. The monoisotopic (exact) mass is 377 g/mol. The largest absolute Gasteiger partial charge is 0.481 e. The Kier molecular flexibility index (Phi) is 6.04. The summed E-state index contributed by atoms with van der Waals surface area (Å²) in [7, 11) is 0. The molecular weight excluding hydrogens is 362 g/mol. The number of carboxylic acids is 1. The molecule has 1 atom stereocenters. The van der Waals surface area contributed by atoms with Gasteiger partial charge in [-0.2, -0.15) is 0 Å². The Morgan fingerprint density at radius 1 is 1.43 bits per heavy atom. The lowest BCUT2D eigenvalue weighted by Gasteiger charge is -2.23. The van der Waals surface area contributed by atoms with E-state index in [1.165, 1.54) is 0 Å². The van der Waals surface area contributed by atoms with Crippen LogP contribution >= 0.6 is 27.5 Å². The first-order valence-electron chi connectivity index (χ1n) is 6.25. The van der Waals surface area contributed by atoms with E-state index in [4.69, 9.17) is 21.4 Å². The van der Waals surface area contributed by atoms with Crippen LogP contribution in [0.1, 0.15) is 38.8 Å². The quantitative estimate of drug-likeness (QED) is 0.825. The molecule has 0 fully saturated rings. The molecule has 0 spiro atoms. The van der Waals surface area contributed by atoms with E-state index in [-0.39, 0.29) is 6.42 Å². The number of halogens is 2. The van der Waals surface area contributed by atoms with E-state index in [2.05, 4.69) is 21.2 Å². The molecule has 2 N–H and O–H groups in total. The molecule has 0 unspecified atom stereocenters. The Morgan fingerprint density at radius 2 is 2.05 bits per heavy atom. The maximum Gasteiger partial charge on any atom is 0.408 e. The lowest BCUT2D eigenvalue weighted by molar-refractivity contribution is -0.137. The molecule has 0 aromatic heterocycles. The van der Waals surface area contributed by atoms with Gasteiger partial charge in [0.15, 0.2) is 0 Å². The van der Waals surface area contributed by atoms with Crippen LogP contribution in [-0.4, -0.2) is 22.8 Å². The van der Waals surface area contributed by atoms with Gasteiger partial charge in [0.25, 0.3) is 0 Å². The molecule has 7 heteroatoms. The van der Waals surface area contributed by atoms with E-state index >= 15 is 0 Å². The van der Waals surface area contributed by atoms with Crippen LogP contribution in [0.5, 0.6) is 0 Å². The first-order chi connectivity index (χ1) is 9.58. The highest BCUT2D eigenvalue weighted by Gasteiger charge is 2.24. The van der Waals surface area contributed by atoms with Crippen molar-refractivity contribution in [1.82, 2.24) is 5.32 Å². The van der Waals surface area contributed by atoms with Crippen LogP contribution in [-0.2, 0) is 9.53 Å². The molecule has 1 amide bonds. The third-order valence-corrected chi connectivity index (χ3v) is 3.24. The first kappa shape index (κ1) is 17.8. The SMILES string of the molecule is CC(C)(C)OC(=O)N[C@@H](CC(=O)O)c1cc(Br)ccc1Cl. The lowest BCUT2D eigenvalue weighted by Crippen LogP contribution is -2.35. The van der Waals surface area contributed by atoms with Gasteiger partial charge < -0.3 is 15.2 Å². The molecule has 1 rings (SSSR count). The smallest absolute Gasteiger partial charge is 0.408 e. The van der Waals surface area contributed by atoms with Crippen LogP contribution in [0.15, 0.2) is 22.7 Å². The van der Waals surface area contributed by atoms with Gasteiger partial charge in [0.2, 0.25) is 0 Å². The number of carbonyl (C=O) groups is 2. The van der Waals surface area contributed by atoms with Crippen molar-refractivity contribution in [1.29, 1.82) is 0 Å². The number of nitrogens with one attached hydrogen (secondary N) is 1. The maximum atomic E-state index is 11.8. The number of rotatable bonds is 4. The topological polar surface area (TPSA) is 75.6 Å². The second kappa shape index (κ2) is 7.13. The fourth-order valence-electron chi connectivity index (χ4n) is 1.64. The van der Waals surface area contributed by atoms with Gasteiger partial charge >= 0.3 is 12.1 Å². The average molecular weight is 379 g/mol. The molecular formula is C14H17BrClNO4. The third-order valence-electron chi connectivity index (χ3n) is 2.40. The van der Waals surface area contributed by atoms with Gasteiger partial charge in [-0.05, 0) is 44.5 Å². The van der Waals surface area contributed by atoms with Crippen LogP contribution in [0, 0.1) is 0 Å². The zero-order valence-electron chi connectivity index (χ0n) is 11.9. The summed E-state index contributed by atoms with van der Waals surface area (Å²) in [6.45, 7) is 5.18. The van der Waals surface area contributed by atoms with E-state index in [0.717, 1.165) is 4.47 Å². The highest BCUT2D eigenvalue weighted by molar-refractivity contribution is 9.10. The van der Waals surface area contributed by atoms with Gasteiger partial charge in [0.05, 0.1) is 12.5 Å². The van der Waals surface area contributed by atoms with Gasteiger partial charge in [-0.15, -0.1) is 0 Å². The Balaban J connectivity index is 2.98. The minimum atomic E-state index is -1.05. The van der Waals surface area contributed by atoms with Crippen molar-refractivity contribution in [3.8, 4) is 0 Å². The van der Waals surface area contributed by atoms with Crippen molar-refractivity contribution in [2.75, 3.05) is 0 Å². The van der Waals surface area contributed by atoms with Crippen molar-refractivity contribution < 1.29 is 19.4 Å². The van der Waals surface area contributed by atoms with Crippen LogP contribution in [0.25, 0.3) is 0 Å². The van der Waals surface area contributed by atoms with Gasteiger partial charge in [0, 0.05) is 9.50 Å². The Labute approximate surface area is 136 Å². The fourth-order valence-corrected chi connectivity index (χ4v) is 2.27. The lowest BCUT2D eigenvalue weighted by atomic mass is 10.0. The summed E-state index contributed by atoms with van der Waals surface area (Å²) in [5.74, 6) is -1.05. The van der Waals surface area contributed by atoms with E-state index in [0.29, 0.717) is 10.6 Å². The van der Waals surface area contributed by atoms with E-state index in [9.17, 15) is 9.59 Å². The number of ether oxygens (including phenoxy) is 1. The number of hydrogen-bond donors (Lipinski definition) is 2. The molecule has 1 aromatic carbocycles. The molecule has 0 bridgehead atoms. The molecule has 0 radical (unpaired) electrons. The number of carbonyl (C=O) groups excluding carboxylic acids is 1. The third kappa shape index (κ3) is 6.35. The number of carboxylic acid groups (broad SMARTS) is 1. The molecule has 0 saturated carbocycles. The predicted molar refractivity (Wildman–Crippen MR) is 83.5 cm³/mol. The average Bonchev–Trinajstić information content (AvgIpc) is 2.28. The molecule has 0 aliphatic carbocycles. The summed E-state index contributed by atoms with van der Waals surface area (Å²) in [6, 6.07) is 4.26. The number of amides is 1. The standard InChI is InChI=1S/C14H17BrClNO4/c1-14(2,3)21-13(20)17-11(7-12(18)19)9-6-8(15)4-5-10(9)16/h4-6,11H,7H2,1-3H3,(H,17,20)(H,18,19)/t11-/m0/s1. The summed E-state index contributed by atoms with van der Waals surface area (Å²) >= 11 is 9.38. The molecule has 0 heterocycles. The van der Waals surface area contributed by atoms with E-state index < -0.39 is 23.7 Å². The number of aliphatic carboxylic acids is 1. The zero-order chi connectivity index (χ0) is 16.2. The highest BCUT2D eigenvalue weighted by Crippen LogP contribution is 2.28. The molecule has 21 heavy (non-hydrogen) atoms. The van der Waals surface area contributed by atoms with E-state index in [1.807, 2.05) is 0 Å². The van der Waals surface area contributed by atoms with Crippen molar-refractivity contribution in [2.45, 2.75) is 38.8 Å². The van der Waals surface area contributed by atoms with Gasteiger partial charge in [0.1, 0.15) is 5.60 Å². The molecule has 1 aromatic rings. The molecule has 0 aliphatic rings.